The molecule has 1 atom stereocenters. The molecular weight excluding hydrogens is 358 g/mol. The number of benzene rings is 1. The van der Waals surface area contributed by atoms with Crippen LogP contribution in [0.25, 0.3) is 0 Å². The molecule has 22 heavy (non-hydrogen) atoms. The van der Waals surface area contributed by atoms with E-state index in [1.807, 2.05) is 0 Å². The minimum atomic E-state index is -0.920. The van der Waals surface area contributed by atoms with E-state index in [0.29, 0.717) is 23.9 Å². The van der Waals surface area contributed by atoms with Gasteiger partial charge in [0, 0.05) is 24.8 Å². The van der Waals surface area contributed by atoms with Crippen molar-refractivity contribution in [2.24, 2.45) is 5.92 Å². The van der Waals surface area contributed by atoms with Gasteiger partial charge in [-0.3, -0.25) is 14.9 Å². The molecule has 8 nitrogen and oxygen atoms in total. The average molecular weight is 372 g/mol. The molecule has 1 unspecified atom stereocenters. The lowest BCUT2D eigenvalue weighted by Gasteiger charge is -2.30. The predicted molar refractivity (Wildman–Crippen MR) is 81.7 cm³/mol. The Morgan fingerprint density at radius 3 is 2.82 bits per heavy atom. The molecule has 0 saturated carbocycles. The molecule has 1 fully saturated rings. The van der Waals surface area contributed by atoms with E-state index in [1.54, 1.807) is 0 Å². The number of anilines is 1. The quantitative estimate of drug-likeness (QED) is 0.626. The Hall–Kier alpha value is -2.16. The summed E-state index contributed by atoms with van der Waals surface area (Å²) < 4.78 is 0.319. The largest absolute Gasteiger partial charge is 0.481 e. The maximum Gasteiger partial charge on any atom is 0.321 e. The van der Waals surface area contributed by atoms with Crippen LogP contribution in [0.2, 0.25) is 0 Å². The number of hydrogen-bond acceptors (Lipinski definition) is 4. The zero-order chi connectivity index (χ0) is 16.3. The van der Waals surface area contributed by atoms with Crippen LogP contribution >= 0.6 is 15.9 Å². The molecule has 0 radical (unpaired) electrons. The van der Waals surface area contributed by atoms with E-state index in [-0.39, 0.29) is 17.9 Å². The molecule has 1 heterocycles. The number of piperidine rings is 1. The Morgan fingerprint density at radius 2 is 2.18 bits per heavy atom. The lowest BCUT2D eigenvalue weighted by molar-refractivity contribution is -0.385. The molecule has 0 aromatic heterocycles. The number of urea groups is 1. The number of halogens is 1. The number of nitrogens with one attached hydrogen (secondary N) is 1. The predicted octanol–water partition coefficient (Wildman–Crippen LogP) is 2.69. The number of carbonyl (C=O) groups is 2. The van der Waals surface area contributed by atoms with Crippen LogP contribution in [0.1, 0.15) is 12.8 Å². The highest BCUT2D eigenvalue weighted by Crippen LogP contribution is 2.28. The first kappa shape index (κ1) is 16.2. The summed E-state index contributed by atoms with van der Waals surface area (Å²) in [4.78, 5) is 34.9. The van der Waals surface area contributed by atoms with Gasteiger partial charge in [0.05, 0.1) is 15.3 Å². The minimum absolute atomic E-state index is 0.139. The number of carbonyl (C=O) groups excluding carboxylic acids is 1. The number of carboxylic acids is 1. The molecule has 1 aromatic carbocycles. The van der Waals surface area contributed by atoms with Gasteiger partial charge in [0.15, 0.2) is 0 Å². The summed E-state index contributed by atoms with van der Waals surface area (Å²) in [7, 11) is 0. The fourth-order valence-corrected chi connectivity index (χ4v) is 2.69. The van der Waals surface area contributed by atoms with Crippen LogP contribution in [0.15, 0.2) is 22.7 Å². The fraction of sp³-hybridized carbons (Fsp3) is 0.385. The Balaban J connectivity index is 2.07. The van der Waals surface area contributed by atoms with Gasteiger partial charge in [-0.25, -0.2) is 4.79 Å². The van der Waals surface area contributed by atoms with Crippen molar-refractivity contribution in [1.82, 2.24) is 4.90 Å². The molecule has 118 valence electrons. The van der Waals surface area contributed by atoms with E-state index in [4.69, 9.17) is 5.11 Å². The Bertz CT molecular complexity index is 622. The van der Waals surface area contributed by atoms with Crippen molar-refractivity contribution in [2.45, 2.75) is 12.8 Å². The summed E-state index contributed by atoms with van der Waals surface area (Å²) in [6.07, 6.45) is 1.16. The van der Waals surface area contributed by atoms with Crippen molar-refractivity contribution in [1.29, 1.82) is 0 Å². The van der Waals surface area contributed by atoms with Crippen molar-refractivity contribution >= 4 is 39.3 Å². The van der Waals surface area contributed by atoms with Gasteiger partial charge in [-0.15, -0.1) is 0 Å². The van der Waals surface area contributed by atoms with Crippen LogP contribution in [-0.2, 0) is 4.79 Å². The third-order valence-corrected chi connectivity index (χ3v) is 4.12. The first-order valence-corrected chi connectivity index (χ1v) is 7.40. The lowest BCUT2D eigenvalue weighted by atomic mass is 9.99. The van der Waals surface area contributed by atoms with E-state index in [1.165, 1.54) is 23.1 Å². The van der Waals surface area contributed by atoms with Gasteiger partial charge in [-0.05, 0) is 40.9 Å². The molecule has 0 bridgehead atoms. The van der Waals surface area contributed by atoms with Crippen molar-refractivity contribution in [3.05, 3.63) is 32.8 Å². The van der Waals surface area contributed by atoms with Crippen molar-refractivity contribution < 1.29 is 19.6 Å². The zero-order valence-corrected chi connectivity index (χ0v) is 13.1. The molecule has 2 N–H and O–H groups in total. The zero-order valence-electron chi connectivity index (χ0n) is 11.5. The average Bonchev–Trinajstić information content (AvgIpc) is 2.49. The van der Waals surface area contributed by atoms with E-state index in [2.05, 4.69) is 21.2 Å². The number of nitro benzene ring substituents is 1. The minimum Gasteiger partial charge on any atom is -0.481 e. The first-order valence-electron chi connectivity index (χ1n) is 6.61. The Morgan fingerprint density at radius 1 is 1.45 bits per heavy atom. The fourth-order valence-electron chi connectivity index (χ4n) is 2.30. The number of carboxylic acid groups (broad SMARTS) is 1. The molecule has 0 aliphatic carbocycles. The van der Waals surface area contributed by atoms with E-state index < -0.39 is 22.8 Å². The second-order valence-electron chi connectivity index (χ2n) is 4.98. The molecule has 0 spiro atoms. The van der Waals surface area contributed by atoms with Gasteiger partial charge < -0.3 is 15.3 Å². The molecule has 2 amide bonds. The first-order chi connectivity index (χ1) is 10.4. The topological polar surface area (TPSA) is 113 Å². The highest BCUT2D eigenvalue weighted by atomic mass is 79.9. The number of aliphatic carboxylic acids is 1. The summed E-state index contributed by atoms with van der Waals surface area (Å²) in [6.45, 7) is 0.605. The highest BCUT2D eigenvalue weighted by molar-refractivity contribution is 9.10. The normalized spacial score (nSPS) is 17.9. The van der Waals surface area contributed by atoms with Gasteiger partial charge >= 0.3 is 12.0 Å². The number of nitro groups is 1. The summed E-state index contributed by atoms with van der Waals surface area (Å²) in [6, 6.07) is 3.81. The van der Waals surface area contributed by atoms with Crippen LogP contribution in [0.5, 0.6) is 0 Å². The van der Waals surface area contributed by atoms with Crippen molar-refractivity contribution in [2.75, 3.05) is 18.4 Å². The number of nitrogens with zero attached hydrogens (tertiary/aromatic N) is 2. The Labute approximate surface area is 134 Å². The SMILES string of the molecule is O=C(O)C1CCCN(C(=O)Nc2ccc(Br)c([N+](=O)[O-])c2)C1. The molecule has 2 rings (SSSR count). The maximum atomic E-state index is 12.1. The van der Waals surface area contributed by atoms with Gasteiger partial charge in [0.2, 0.25) is 0 Å². The van der Waals surface area contributed by atoms with Crippen LogP contribution < -0.4 is 5.32 Å². The third kappa shape index (κ3) is 3.73. The van der Waals surface area contributed by atoms with Gasteiger partial charge in [0.25, 0.3) is 5.69 Å². The van der Waals surface area contributed by atoms with Crippen LogP contribution in [0.4, 0.5) is 16.2 Å². The number of amides is 2. The number of rotatable bonds is 3. The van der Waals surface area contributed by atoms with Crippen molar-refractivity contribution in [3.63, 3.8) is 0 Å². The highest BCUT2D eigenvalue weighted by Gasteiger charge is 2.28. The van der Waals surface area contributed by atoms with E-state index in [0.717, 1.165) is 0 Å². The van der Waals surface area contributed by atoms with E-state index in [9.17, 15) is 19.7 Å². The maximum absolute atomic E-state index is 12.1. The van der Waals surface area contributed by atoms with Gasteiger partial charge in [0.1, 0.15) is 0 Å². The van der Waals surface area contributed by atoms with Crippen molar-refractivity contribution in [3.8, 4) is 0 Å². The van der Waals surface area contributed by atoms with E-state index >= 15 is 0 Å². The standard InChI is InChI=1S/C13H14BrN3O5/c14-10-4-3-9(6-11(10)17(21)22)15-13(20)16-5-1-2-8(7-16)12(18)19/h3-4,6,8H,1-2,5,7H2,(H,15,20)(H,18,19). The Kier molecular flexibility index (Phi) is 4.96. The third-order valence-electron chi connectivity index (χ3n) is 3.45. The molecule has 1 aromatic rings. The summed E-state index contributed by atoms with van der Waals surface area (Å²) in [5.74, 6) is -1.49. The van der Waals surface area contributed by atoms with Crippen LogP contribution in [-0.4, -0.2) is 40.0 Å². The molecule has 1 saturated heterocycles. The summed E-state index contributed by atoms with van der Waals surface area (Å²) in [5.41, 5.74) is 0.136. The van der Waals surface area contributed by atoms with Gasteiger partial charge in [-0.1, -0.05) is 0 Å². The molecule has 1 aliphatic heterocycles. The summed E-state index contributed by atoms with van der Waals surface area (Å²) >= 11 is 3.07. The monoisotopic (exact) mass is 371 g/mol. The lowest BCUT2D eigenvalue weighted by Crippen LogP contribution is -2.44. The molecule has 1 aliphatic rings. The van der Waals surface area contributed by atoms with Crippen LogP contribution in [0.3, 0.4) is 0 Å². The molecule has 9 heteroatoms. The second kappa shape index (κ2) is 6.73. The van der Waals surface area contributed by atoms with Crippen LogP contribution in [0, 0.1) is 16.0 Å². The van der Waals surface area contributed by atoms with Gasteiger partial charge in [-0.2, -0.15) is 0 Å². The molecular formula is C13H14BrN3O5. The number of likely N-dealkylation sites (tertiary alicyclic amines) is 1. The smallest absolute Gasteiger partial charge is 0.321 e. The number of hydrogen-bond donors (Lipinski definition) is 2. The summed E-state index contributed by atoms with van der Waals surface area (Å²) in [5, 5.41) is 22.4. The second-order valence-corrected chi connectivity index (χ2v) is 5.83.